The molecule has 2 heteroatoms. The van der Waals surface area contributed by atoms with Gasteiger partial charge in [0.05, 0.1) is 0 Å². The highest BCUT2D eigenvalue weighted by Gasteiger charge is 2.23. The maximum Gasteiger partial charge on any atom is 0.220 e. The molecular weight excluding hydrogens is 162 g/mol. The third-order valence-corrected chi connectivity index (χ3v) is 2.64. The lowest BCUT2D eigenvalue weighted by molar-refractivity contribution is -0.124. The Morgan fingerprint density at radius 1 is 1.62 bits per heavy atom. The van der Waals surface area contributed by atoms with Crippen molar-refractivity contribution in [1.82, 2.24) is 5.32 Å². The van der Waals surface area contributed by atoms with Gasteiger partial charge in [-0.3, -0.25) is 4.79 Å². The van der Waals surface area contributed by atoms with Gasteiger partial charge in [-0.15, -0.1) is 0 Å². The minimum Gasteiger partial charge on any atom is -0.353 e. The van der Waals surface area contributed by atoms with Crippen LogP contribution in [0.2, 0.25) is 0 Å². The highest BCUT2D eigenvalue weighted by Crippen LogP contribution is 2.19. The van der Waals surface area contributed by atoms with Crippen molar-refractivity contribution in [2.24, 2.45) is 5.92 Å². The van der Waals surface area contributed by atoms with E-state index in [1.807, 2.05) is 0 Å². The van der Waals surface area contributed by atoms with Gasteiger partial charge in [-0.05, 0) is 32.6 Å². The monoisotopic (exact) mass is 181 g/mol. The van der Waals surface area contributed by atoms with Gasteiger partial charge in [0, 0.05) is 12.5 Å². The molecule has 0 radical (unpaired) electrons. The Morgan fingerprint density at radius 2 is 2.31 bits per heavy atom. The topological polar surface area (TPSA) is 29.1 Å². The highest BCUT2D eigenvalue weighted by molar-refractivity contribution is 5.77. The summed E-state index contributed by atoms with van der Waals surface area (Å²) in [4.78, 5) is 11.1. The zero-order chi connectivity index (χ0) is 9.84. The Kier molecular flexibility index (Phi) is 3.52. The molecule has 2 nitrogen and oxygen atoms in total. The van der Waals surface area contributed by atoms with Gasteiger partial charge in [0.25, 0.3) is 0 Å². The fourth-order valence-corrected chi connectivity index (χ4v) is 1.64. The number of rotatable bonds is 2. The van der Waals surface area contributed by atoms with Crippen LogP contribution < -0.4 is 5.32 Å². The second-order valence-corrected chi connectivity index (χ2v) is 4.21. The lowest BCUT2D eigenvalue weighted by Gasteiger charge is -2.28. The molecule has 0 aliphatic carbocycles. The molecule has 13 heavy (non-hydrogen) atoms. The third kappa shape index (κ3) is 3.21. The van der Waals surface area contributed by atoms with E-state index in [4.69, 9.17) is 0 Å². The van der Waals surface area contributed by atoms with Crippen LogP contribution in [0, 0.1) is 5.92 Å². The van der Waals surface area contributed by atoms with Crippen molar-refractivity contribution in [3.63, 3.8) is 0 Å². The molecule has 0 aromatic carbocycles. The Balaban J connectivity index is 2.46. The lowest BCUT2D eigenvalue weighted by Crippen LogP contribution is -2.43. The predicted octanol–water partition coefficient (Wildman–Crippen LogP) is 2.26. The van der Waals surface area contributed by atoms with Crippen LogP contribution >= 0.6 is 0 Å². The fourth-order valence-electron chi connectivity index (χ4n) is 1.64. The molecule has 0 saturated carbocycles. The summed E-state index contributed by atoms with van der Waals surface area (Å²) in [6.45, 7) is 6.40. The normalized spacial score (nSPS) is 28.1. The summed E-state index contributed by atoms with van der Waals surface area (Å²) in [5, 5.41) is 3.04. The number of allylic oxidation sites excluding steroid dienone is 1. The quantitative estimate of drug-likeness (QED) is 0.650. The van der Waals surface area contributed by atoms with Crippen molar-refractivity contribution in [1.29, 1.82) is 0 Å². The van der Waals surface area contributed by atoms with E-state index in [0.29, 0.717) is 18.4 Å². The zero-order valence-corrected chi connectivity index (χ0v) is 8.76. The Bertz CT molecular complexity index is 216. The highest BCUT2D eigenvalue weighted by atomic mass is 16.1. The molecule has 0 spiro atoms. The molecule has 1 heterocycles. The van der Waals surface area contributed by atoms with Crippen molar-refractivity contribution in [3.05, 3.63) is 11.6 Å². The van der Waals surface area contributed by atoms with Crippen LogP contribution in [-0.2, 0) is 4.79 Å². The number of hydrogen-bond donors (Lipinski definition) is 1. The number of carbonyl (C=O) groups is 1. The van der Waals surface area contributed by atoms with Gasteiger partial charge in [0.15, 0.2) is 0 Å². The molecular formula is C11H19NO. The molecule has 1 rings (SSSR count). The van der Waals surface area contributed by atoms with Crippen LogP contribution in [0.4, 0.5) is 0 Å². The molecule has 2 atom stereocenters. The van der Waals surface area contributed by atoms with E-state index in [1.54, 1.807) is 0 Å². The first kappa shape index (κ1) is 10.3. The molecule has 0 unspecified atom stereocenters. The molecule has 1 N–H and O–H groups in total. The van der Waals surface area contributed by atoms with E-state index in [2.05, 4.69) is 32.2 Å². The summed E-state index contributed by atoms with van der Waals surface area (Å²) >= 11 is 0. The average molecular weight is 181 g/mol. The third-order valence-electron chi connectivity index (χ3n) is 2.64. The van der Waals surface area contributed by atoms with Gasteiger partial charge in [-0.1, -0.05) is 18.6 Å². The molecule has 0 aromatic heterocycles. The van der Waals surface area contributed by atoms with Gasteiger partial charge < -0.3 is 5.32 Å². The molecule has 1 amide bonds. The summed E-state index contributed by atoms with van der Waals surface area (Å²) in [6, 6.07) is 0.358. The molecule has 1 saturated heterocycles. The maximum atomic E-state index is 11.1. The SMILES string of the molecule is CC(C)=CC[C@@H]1NC(=O)CC[C@H]1C. The van der Waals surface area contributed by atoms with Crippen LogP contribution in [0.15, 0.2) is 11.6 Å². The van der Waals surface area contributed by atoms with Crippen LogP contribution in [0.5, 0.6) is 0 Å². The summed E-state index contributed by atoms with van der Waals surface area (Å²) < 4.78 is 0. The zero-order valence-electron chi connectivity index (χ0n) is 8.76. The summed E-state index contributed by atoms with van der Waals surface area (Å²) in [5.74, 6) is 0.832. The van der Waals surface area contributed by atoms with Crippen molar-refractivity contribution >= 4 is 5.91 Å². The second kappa shape index (κ2) is 4.45. The van der Waals surface area contributed by atoms with Crippen molar-refractivity contribution < 1.29 is 4.79 Å². The van der Waals surface area contributed by atoms with Crippen LogP contribution in [0.3, 0.4) is 0 Å². The molecule has 1 aliphatic rings. The molecule has 74 valence electrons. The number of nitrogens with one attached hydrogen (secondary N) is 1. The van der Waals surface area contributed by atoms with E-state index in [-0.39, 0.29) is 5.91 Å². The molecule has 1 fully saturated rings. The van der Waals surface area contributed by atoms with Crippen molar-refractivity contribution in [2.45, 2.75) is 46.1 Å². The summed E-state index contributed by atoms with van der Waals surface area (Å²) in [7, 11) is 0. The summed E-state index contributed by atoms with van der Waals surface area (Å²) in [6.07, 6.45) is 4.92. The van der Waals surface area contributed by atoms with Gasteiger partial charge in [0.1, 0.15) is 0 Å². The minimum absolute atomic E-state index is 0.213. The van der Waals surface area contributed by atoms with E-state index >= 15 is 0 Å². The van der Waals surface area contributed by atoms with E-state index in [1.165, 1.54) is 5.57 Å². The largest absolute Gasteiger partial charge is 0.353 e. The number of hydrogen-bond acceptors (Lipinski definition) is 1. The van der Waals surface area contributed by atoms with Crippen LogP contribution in [-0.4, -0.2) is 11.9 Å². The first-order valence-electron chi connectivity index (χ1n) is 5.02. The van der Waals surface area contributed by atoms with Gasteiger partial charge in [-0.25, -0.2) is 0 Å². The Hall–Kier alpha value is -0.790. The maximum absolute atomic E-state index is 11.1. The van der Waals surface area contributed by atoms with Gasteiger partial charge in [0.2, 0.25) is 5.91 Å². The fraction of sp³-hybridized carbons (Fsp3) is 0.727. The minimum atomic E-state index is 0.213. The van der Waals surface area contributed by atoms with E-state index in [9.17, 15) is 4.79 Å². The average Bonchev–Trinajstić information content (AvgIpc) is 2.06. The molecule has 0 aromatic rings. The second-order valence-electron chi connectivity index (χ2n) is 4.21. The number of amides is 1. The first-order chi connectivity index (χ1) is 6.09. The molecule has 0 bridgehead atoms. The summed E-state index contributed by atoms with van der Waals surface area (Å²) in [5.41, 5.74) is 1.33. The van der Waals surface area contributed by atoms with Crippen molar-refractivity contribution in [3.8, 4) is 0 Å². The smallest absolute Gasteiger partial charge is 0.220 e. The van der Waals surface area contributed by atoms with E-state index < -0.39 is 0 Å². The number of piperidine rings is 1. The van der Waals surface area contributed by atoms with Crippen LogP contribution in [0.1, 0.15) is 40.0 Å². The van der Waals surface area contributed by atoms with Gasteiger partial charge in [-0.2, -0.15) is 0 Å². The van der Waals surface area contributed by atoms with Crippen LogP contribution in [0.25, 0.3) is 0 Å². The predicted molar refractivity (Wildman–Crippen MR) is 54.4 cm³/mol. The molecule has 1 aliphatic heterocycles. The van der Waals surface area contributed by atoms with Gasteiger partial charge >= 0.3 is 0 Å². The van der Waals surface area contributed by atoms with E-state index in [0.717, 1.165) is 12.8 Å². The Labute approximate surface area is 80.4 Å². The number of carbonyl (C=O) groups excluding carboxylic acids is 1. The lowest BCUT2D eigenvalue weighted by atomic mass is 9.90. The van der Waals surface area contributed by atoms with Crippen molar-refractivity contribution in [2.75, 3.05) is 0 Å². The standard InChI is InChI=1S/C11H19NO/c1-8(2)4-6-10-9(3)5-7-11(13)12-10/h4,9-10H,5-7H2,1-3H3,(H,12,13)/t9-,10+/m1/s1. The first-order valence-corrected chi connectivity index (χ1v) is 5.02. The Morgan fingerprint density at radius 3 is 2.92 bits per heavy atom.